The molecule has 0 aliphatic heterocycles. The van der Waals surface area contributed by atoms with Gasteiger partial charge in [-0.25, -0.2) is 16.8 Å². The minimum Gasteiger partial charge on any atom is -0.282 e. The lowest BCUT2D eigenvalue weighted by Crippen LogP contribution is -2.16. The molecule has 0 amide bonds. The van der Waals surface area contributed by atoms with Crippen LogP contribution in [-0.2, 0) is 20.0 Å². The molecule has 0 atom stereocenters. The number of para-hydroxylation sites is 2. The summed E-state index contributed by atoms with van der Waals surface area (Å²) in [6.07, 6.45) is 0.967. The highest BCUT2D eigenvalue weighted by Gasteiger charge is 2.17. The lowest BCUT2D eigenvalue weighted by Gasteiger charge is -2.13. The van der Waals surface area contributed by atoms with Crippen molar-refractivity contribution in [2.45, 2.75) is 4.90 Å². The third kappa shape index (κ3) is 4.45. The predicted molar refractivity (Wildman–Crippen MR) is 86.9 cm³/mol. The van der Waals surface area contributed by atoms with Crippen LogP contribution in [-0.4, -0.2) is 23.1 Å². The minimum atomic E-state index is -3.96. The summed E-state index contributed by atoms with van der Waals surface area (Å²) in [6, 6.07) is 13.4. The average molecular weight is 351 g/mol. The Bertz CT molecular complexity index is 977. The van der Waals surface area contributed by atoms with E-state index < -0.39 is 20.0 Å². The third-order valence-electron chi connectivity index (χ3n) is 2.74. The maximum Gasteiger partial charge on any atom is 0.262 e. The summed E-state index contributed by atoms with van der Waals surface area (Å²) in [5, 5.41) is 8.85. The van der Waals surface area contributed by atoms with Gasteiger partial charge in [0.05, 0.1) is 34.2 Å². The molecular formula is C14H13N3O4S2. The van der Waals surface area contributed by atoms with Gasteiger partial charge in [-0.2, -0.15) is 5.26 Å². The van der Waals surface area contributed by atoms with Gasteiger partial charge < -0.3 is 0 Å². The number of hydrogen-bond acceptors (Lipinski definition) is 5. The second-order valence-corrected chi connectivity index (χ2v) is 8.10. The number of nitrogens with zero attached hydrogens (tertiary/aromatic N) is 1. The van der Waals surface area contributed by atoms with Crippen molar-refractivity contribution < 1.29 is 16.8 Å². The predicted octanol–water partition coefficient (Wildman–Crippen LogP) is 1.73. The fourth-order valence-electron chi connectivity index (χ4n) is 1.80. The SMILES string of the molecule is CS(=O)(=O)Nc1ccccc1NS(=O)(=O)c1cccc(C#N)c1. The Balaban J connectivity index is 2.40. The smallest absolute Gasteiger partial charge is 0.262 e. The number of anilines is 2. The van der Waals surface area contributed by atoms with Crippen molar-refractivity contribution in [1.82, 2.24) is 0 Å². The molecule has 0 bridgehead atoms. The van der Waals surface area contributed by atoms with E-state index in [1.165, 1.54) is 36.4 Å². The van der Waals surface area contributed by atoms with Crippen molar-refractivity contribution in [1.29, 1.82) is 5.26 Å². The second kappa shape index (κ2) is 6.28. The zero-order chi connectivity index (χ0) is 17.1. The van der Waals surface area contributed by atoms with Gasteiger partial charge in [-0.3, -0.25) is 9.44 Å². The first-order valence-corrected chi connectivity index (χ1v) is 9.68. The molecule has 2 aromatic carbocycles. The van der Waals surface area contributed by atoms with E-state index in [4.69, 9.17) is 5.26 Å². The van der Waals surface area contributed by atoms with Gasteiger partial charge in [0.25, 0.3) is 10.0 Å². The van der Waals surface area contributed by atoms with E-state index in [1.807, 2.05) is 6.07 Å². The topological polar surface area (TPSA) is 116 Å². The molecule has 0 spiro atoms. The number of nitriles is 1. The Hall–Kier alpha value is -2.57. The van der Waals surface area contributed by atoms with E-state index in [9.17, 15) is 16.8 Å². The van der Waals surface area contributed by atoms with Crippen molar-refractivity contribution in [2.75, 3.05) is 15.7 Å². The summed E-state index contributed by atoms with van der Waals surface area (Å²) in [4.78, 5) is -0.0919. The Morgan fingerprint density at radius 3 is 2.09 bits per heavy atom. The van der Waals surface area contributed by atoms with Gasteiger partial charge in [-0.1, -0.05) is 18.2 Å². The van der Waals surface area contributed by atoms with Crippen molar-refractivity contribution in [3.63, 3.8) is 0 Å². The van der Waals surface area contributed by atoms with Crippen molar-refractivity contribution in [2.24, 2.45) is 0 Å². The van der Waals surface area contributed by atoms with Crippen LogP contribution < -0.4 is 9.44 Å². The molecule has 0 aliphatic carbocycles. The zero-order valence-corrected chi connectivity index (χ0v) is 13.6. The van der Waals surface area contributed by atoms with Crippen molar-refractivity contribution in [3.8, 4) is 6.07 Å². The Morgan fingerprint density at radius 2 is 1.52 bits per heavy atom. The highest BCUT2D eigenvalue weighted by molar-refractivity contribution is 7.93. The first kappa shape index (κ1) is 16.8. The Labute approximate surface area is 134 Å². The van der Waals surface area contributed by atoms with Crippen LogP contribution >= 0.6 is 0 Å². The standard InChI is InChI=1S/C14H13N3O4S2/c1-22(18,19)16-13-7-2-3-8-14(13)17-23(20,21)12-6-4-5-11(9-12)10-15/h2-9,16-17H,1H3. The molecule has 23 heavy (non-hydrogen) atoms. The number of rotatable bonds is 5. The molecule has 2 aromatic rings. The van der Waals surface area contributed by atoms with E-state index in [1.54, 1.807) is 12.1 Å². The van der Waals surface area contributed by atoms with E-state index in [0.29, 0.717) is 0 Å². The van der Waals surface area contributed by atoms with Crippen LogP contribution in [0.15, 0.2) is 53.4 Å². The maximum atomic E-state index is 12.4. The van der Waals surface area contributed by atoms with Gasteiger partial charge in [0, 0.05) is 0 Å². The minimum absolute atomic E-state index is 0.0836. The molecule has 2 N–H and O–H groups in total. The summed E-state index contributed by atoms with van der Waals surface area (Å²) in [5.74, 6) is 0. The molecule has 9 heteroatoms. The average Bonchev–Trinajstić information content (AvgIpc) is 2.48. The molecule has 0 radical (unpaired) electrons. The molecule has 2 rings (SSSR count). The molecule has 0 heterocycles. The fourth-order valence-corrected chi connectivity index (χ4v) is 3.50. The molecule has 0 fully saturated rings. The van der Waals surface area contributed by atoms with Crippen molar-refractivity contribution >= 4 is 31.4 Å². The van der Waals surface area contributed by atoms with Crippen LogP contribution in [0, 0.1) is 11.3 Å². The molecule has 0 saturated carbocycles. The molecule has 0 aliphatic rings. The van der Waals surface area contributed by atoms with Gasteiger partial charge in [0.15, 0.2) is 0 Å². The molecule has 0 unspecified atom stereocenters. The van der Waals surface area contributed by atoms with Crippen LogP contribution in [0.1, 0.15) is 5.56 Å². The second-order valence-electron chi connectivity index (χ2n) is 4.66. The Kier molecular flexibility index (Phi) is 4.58. The van der Waals surface area contributed by atoms with E-state index >= 15 is 0 Å². The maximum absolute atomic E-state index is 12.4. The van der Waals surface area contributed by atoms with Gasteiger partial charge in [0.1, 0.15) is 0 Å². The monoisotopic (exact) mass is 351 g/mol. The van der Waals surface area contributed by atoms with E-state index in [-0.39, 0.29) is 21.8 Å². The number of hydrogen-bond donors (Lipinski definition) is 2. The number of benzene rings is 2. The normalized spacial score (nSPS) is 11.5. The first-order valence-electron chi connectivity index (χ1n) is 6.31. The van der Waals surface area contributed by atoms with E-state index in [2.05, 4.69) is 9.44 Å². The van der Waals surface area contributed by atoms with Crippen LogP contribution in [0.4, 0.5) is 11.4 Å². The lowest BCUT2D eigenvalue weighted by atomic mass is 10.2. The number of nitrogens with one attached hydrogen (secondary N) is 2. The largest absolute Gasteiger partial charge is 0.282 e. The quantitative estimate of drug-likeness (QED) is 0.851. The Morgan fingerprint density at radius 1 is 0.913 bits per heavy atom. The molecule has 120 valence electrons. The molecule has 7 nitrogen and oxygen atoms in total. The summed E-state index contributed by atoms with van der Waals surface area (Å²) < 4.78 is 52.0. The van der Waals surface area contributed by atoms with Crippen LogP contribution in [0.3, 0.4) is 0 Å². The zero-order valence-electron chi connectivity index (χ0n) is 12.0. The van der Waals surface area contributed by atoms with Gasteiger partial charge in [-0.15, -0.1) is 0 Å². The van der Waals surface area contributed by atoms with Crippen LogP contribution in [0.5, 0.6) is 0 Å². The first-order chi connectivity index (χ1) is 10.7. The molecule has 0 aromatic heterocycles. The summed E-state index contributed by atoms with van der Waals surface area (Å²) in [6.45, 7) is 0. The highest BCUT2D eigenvalue weighted by Crippen LogP contribution is 2.25. The summed E-state index contributed by atoms with van der Waals surface area (Å²) in [7, 11) is -7.52. The van der Waals surface area contributed by atoms with Gasteiger partial charge in [-0.05, 0) is 30.3 Å². The van der Waals surface area contributed by atoms with Gasteiger partial charge in [0.2, 0.25) is 10.0 Å². The van der Waals surface area contributed by atoms with Crippen molar-refractivity contribution in [3.05, 3.63) is 54.1 Å². The summed E-state index contributed by atoms with van der Waals surface area (Å²) >= 11 is 0. The van der Waals surface area contributed by atoms with Crippen LogP contribution in [0.2, 0.25) is 0 Å². The molecular weight excluding hydrogens is 338 g/mol. The number of sulfonamides is 2. The van der Waals surface area contributed by atoms with Gasteiger partial charge >= 0.3 is 0 Å². The fraction of sp³-hybridized carbons (Fsp3) is 0.0714. The summed E-state index contributed by atoms with van der Waals surface area (Å²) in [5.41, 5.74) is 0.394. The van der Waals surface area contributed by atoms with Crippen LogP contribution in [0.25, 0.3) is 0 Å². The lowest BCUT2D eigenvalue weighted by molar-refractivity contribution is 0.600. The van der Waals surface area contributed by atoms with E-state index in [0.717, 1.165) is 6.26 Å². The third-order valence-corrected chi connectivity index (χ3v) is 4.69. The molecule has 0 saturated heterocycles. The highest BCUT2D eigenvalue weighted by atomic mass is 32.2.